The number of aromatic nitrogens is 1. The maximum atomic E-state index is 14.8. The Balaban J connectivity index is 1.47. The summed E-state index contributed by atoms with van der Waals surface area (Å²) in [5.41, 5.74) is 1.39. The third-order valence-electron chi connectivity index (χ3n) is 4.51. The molecule has 30 heavy (non-hydrogen) atoms. The van der Waals surface area contributed by atoms with E-state index in [0.29, 0.717) is 40.6 Å². The van der Waals surface area contributed by atoms with Gasteiger partial charge in [0.15, 0.2) is 5.17 Å². The second-order valence-corrected chi connectivity index (χ2v) is 9.33. The van der Waals surface area contributed by atoms with Crippen LogP contribution in [0.4, 0.5) is 9.18 Å². The van der Waals surface area contributed by atoms with Crippen LogP contribution in [0.25, 0.3) is 0 Å². The quantitative estimate of drug-likeness (QED) is 0.619. The molecule has 0 fully saturated rings. The van der Waals surface area contributed by atoms with Crippen molar-refractivity contribution in [2.75, 3.05) is 19.6 Å². The number of pyridine rings is 1. The highest BCUT2D eigenvalue weighted by Crippen LogP contribution is 2.35. The van der Waals surface area contributed by atoms with Gasteiger partial charge in [0.2, 0.25) is 0 Å². The van der Waals surface area contributed by atoms with Crippen LogP contribution in [-0.4, -0.2) is 56.4 Å². The Labute approximate surface area is 183 Å². The topological polar surface area (TPSA) is 70.4 Å². The summed E-state index contributed by atoms with van der Waals surface area (Å²) in [6.07, 6.45) is 3.59. The Hall–Kier alpha value is -2.39. The van der Waals surface area contributed by atoms with Crippen molar-refractivity contribution in [1.29, 1.82) is 0 Å². The Kier molecular flexibility index (Phi) is 5.59. The average Bonchev–Trinajstić information content (AvgIpc) is 3.09. The third kappa shape index (κ3) is 4.52. The lowest BCUT2D eigenvalue weighted by molar-refractivity contribution is 0.0266. The first-order valence-corrected chi connectivity index (χ1v) is 10.7. The number of amidine groups is 1. The number of carbonyl (C=O) groups is 1. The van der Waals surface area contributed by atoms with E-state index < -0.39 is 5.60 Å². The Morgan fingerprint density at radius 3 is 2.83 bits per heavy atom. The molecule has 0 saturated heterocycles. The van der Waals surface area contributed by atoms with Crippen molar-refractivity contribution in [3.05, 3.63) is 52.2 Å². The maximum absolute atomic E-state index is 14.8. The summed E-state index contributed by atoms with van der Waals surface area (Å²) >= 11 is 7.33. The summed E-state index contributed by atoms with van der Waals surface area (Å²) in [5, 5.41) is 7.68. The summed E-state index contributed by atoms with van der Waals surface area (Å²) in [6.45, 7) is 6.33. The molecule has 0 N–H and O–H groups in total. The minimum atomic E-state index is -0.551. The number of carbonyl (C=O) groups excluding carboxylic acids is 1. The van der Waals surface area contributed by atoms with Gasteiger partial charge in [0.25, 0.3) is 0 Å². The molecule has 7 nitrogen and oxygen atoms in total. The van der Waals surface area contributed by atoms with Crippen molar-refractivity contribution in [3.8, 4) is 0 Å². The van der Waals surface area contributed by atoms with Gasteiger partial charge in [-0.2, -0.15) is 5.10 Å². The van der Waals surface area contributed by atoms with Crippen LogP contribution in [0.1, 0.15) is 32.8 Å². The van der Waals surface area contributed by atoms with Crippen LogP contribution in [0.3, 0.4) is 0 Å². The SMILES string of the molecule is CC(C)(C)OC(=O)N1CC=C(C2=C(F)CN3N=C(c4ccnc(Cl)c4)SC3=N2)CC1. The predicted molar refractivity (Wildman–Crippen MR) is 116 cm³/mol. The first kappa shape index (κ1) is 20.9. The molecular formula is C20H21ClFN5O2S. The molecule has 0 aliphatic carbocycles. The summed E-state index contributed by atoms with van der Waals surface area (Å²) in [4.78, 5) is 22.3. The van der Waals surface area contributed by atoms with E-state index in [1.165, 1.54) is 11.8 Å². The van der Waals surface area contributed by atoms with Gasteiger partial charge in [-0.1, -0.05) is 17.7 Å². The monoisotopic (exact) mass is 449 g/mol. The van der Waals surface area contributed by atoms with E-state index in [4.69, 9.17) is 16.3 Å². The number of thioether (sulfide) groups is 1. The van der Waals surface area contributed by atoms with Gasteiger partial charge in [-0.3, -0.25) is 0 Å². The molecule has 3 aliphatic heterocycles. The lowest BCUT2D eigenvalue weighted by atomic mass is 10.0. The molecule has 0 radical (unpaired) electrons. The molecule has 0 unspecified atom stereocenters. The van der Waals surface area contributed by atoms with Gasteiger partial charge in [0.1, 0.15) is 27.3 Å². The number of nitrogens with zero attached hydrogens (tertiary/aromatic N) is 5. The molecule has 158 valence electrons. The number of rotatable bonds is 2. The number of ether oxygens (including phenoxy) is 1. The molecule has 3 aliphatic rings. The van der Waals surface area contributed by atoms with Gasteiger partial charge in [-0.15, -0.1) is 0 Å². The smallest absolute Gasteiger partial charge is 0.410 e. The van der Waals surface area contributed by atoms with Crippen LogP contribution in [-0.2, 0) is 4.74 Å². The van der Waals surface area contributed by atoms with Crippen molar-refractivity contribution in [2.24, 2.45) is 10.1 Å². The first-order chi connectivity index (χ1) is 14.2. The van der Waals surface area contributed by atoms with Crippen LogP contribution in [0.2, 0.25) is 5.15 Å². The predicted octanol–water partition coefficient (Wildman–Crippen LogP) is 4.56. The zero-order valence-electron chi connectivity index (χ0n) is 16.9. The van der Waals surface area contributed by atoms with Crippen LogP contribution >= 0.6 is 23.4 Å². The van der Waals surface area contributed by atoms with Crippen LogP contribution in [0.15, 0.2) is 51.6 Å². The number of aliphatic imine (C=N–C) groups is 1. The normalized spacial score (nSPS) is 19.3. The number of halogens is 2. The summed E-state index contributed by atoms with van der Waals surface area (Å²) in [6, 6.07) is 3.52. The molecule has 0 bridgehead atoms. The Bertz CT molecular complexity index is 1010. The zero-order valence-corrected chi connectivity index (χ0v) is 18.4. The molecule has 0 spiro atoms. The van der Waals surface area contributed by atoms with E-state index in [-0.39, 0.29) is 18.5 Å². The summed E-state index contributed by atoms with van der Waals surface area (Å²) in [7, 11) is 0. The fraction of sp³-hybridized carbons (Fsp3) is 0.400. The van der Waals surface area contributed by atoms with Crippen LogP contribution in [0.5, 0.6) is 0 Å². The van der Waals surface area contributed by atoms with E-state index in [9.17, 15) is 9.18 Å². The molecule has 10 heteroatoms. The van der Waals surface area contributed by atoms with E-state index in [0.717, 1.165) is 11.1 Å². The van der Waals surface area contributed by atoms with Crippen molar-refractivity contribution < 1.29 is 13.9 Å². The van der Waals surface area contributed by atoms with Crippen molar-refractivity contribution in [3.63, 3.8) is 0 Å². The number of allylic oxidation sites excluding steroid dienone is 1. The minimum absolute atomic E-state index is 0.0244. The third-order valence-corrected chi connectivity index (χ3v) is 5.71. The number of hydrogen-bond acceptors (Lipinski definition) is 7. The number of amides is 1. The molecule has 1 amide bonds. The molecule has 0 atom stereocenters. The summed E-state index contributed by atoms with van der Waals surface area (Å²) in [5.74, 6) is -0.339. The van der Waals surface area contributed by atoms with E-state index in [2.05, 4.69) is 15.1 Å². The lowest BCUT2D eigenvalue weighted by Crippen LogP contribution is -2.39. The Morgan fingerprint density at radius 1 is 1.37 bits per heavy atom. The zero-order chi connectivity index (χ0) is 21.5. The second kappa shape index (κ2) is 8.03. The highest BCUT2D eigenvalue weighted by Gasteiger charge is 2.32. The maximum Gasteiger partial charge on any atom is 0.410 e. The van der Waals surface area contributed by atoms with E-state index in [1.807, 2.05) is 26.8 Å². The van der Waals surface area contributed by atoms with Gasteiger partial charge in [-0.25, -0.2) is 24.2 Å². The molecule has 4 heterocycles. The molecule has 1 aromatic rings. The van der Waals surface area contributed by atoms with Gasteiger partial charge < -0.3 is 9.64 Å². The minimum Gasteiger partial charge on any atom is -0.444 e. The molecule has 0 saturated carbocycles. The average molecular weight is 450 g/mol. The number of hydrazone groups is 1. The van der Waals surface area contributed by atoms with Gasteiger partial charge in [-0.05, 0) is 56.7 Å². The first-order valence-electron chi connectivity index (χ1n) is 9.50. The molecular weight excluding hydrogens is 429 g/mol. The van der Waals surface area contributed by atoms with Crippen LogP contribution < -0.4 is 0 Å². The van der Waals surface area contributed by atoms with Gasteiger partial charge in [0.05, 0.1) is 6.54 Å². The van der Waals surface area contributed by atoms with Crippen LogP contribution in [0, 0.1) is 0 Å². The highest BCUT2D eigenvalue weighted by molar-refractivity contribution is 8.27. The fourth-order valence-electron chi connectivity index (χ4n) is 3.13. The lowest BCUT2D eigenvalue weighted by Gasteiger charge is -2.30. The molecule has 1 aromatic heterocycles. The summed E-state index contributed by atoms with van der Waals surface area (Å²) < 4.78 is 20.2. The van der Waals surface area contributed by atoms with E-state index in [1.54, 1.807) is 28.2 Å². The van der Waals surface area contributed by atoms with E-state index >= 15 is 0 Å². The number of fused-ring (bicyclic) bond motifs is 1. The fourth-order valence-corrected chi connectivity index (χ4v) is 4.21. The van der Waals surface area contributed by atoms with Crippen molar-refractivity contribution in [2.45, 2.75) is 32.8 Å². The van der Waals surface area contributed by atoms with Crippen molar-refractivity contribution >= 4 is 39.7 Å². The second-order valence-electron chi connectivity index (χ2n) is 7.99. The largest absolute Gasteiger partial charge is 0.444 e. The standard InChI is InChI=1S/C20H21ClFN5O2S/c1-20(2,3)29-19(28)26-8-5-12(6-9-26)16-14(22)11-27-18(24-16)30-17(25-27)13-4-7-23-15(21)10-13/h4-5,7,10H,6,8-9,11H2,1-3H3. The van der Waals surface area contributed by atoms with Gasteiger partial charge in [0, 0.05) is 24.8 Å². The highest BCUT2D eigenvalue weighted by atomic mass is 35.5. The molecule has 4 rings (SSSR count). The Morgan fingerprint density at radius 2 is 2.17 bits per heavy atom. The number of hydrogen-bond donors (Lipinski definition) is 0. The van der Waals surface area contributed by atoms with Crippen molar-refractivity contribution in [1.82, 2.24) is 14.9 Å². The van der Waals surface area contributed by atoms with Gasteiger partial charge >= 0.3 is 6.09 Å². The molecule has 0 aromatic carbocycles.